The predicted molar refractivity (Wildman–Crippen MR) is 75.8 cm³/mol. The van der Waals surface area contributed by atoms with Gasteiger partial charge in [-0.2, -0.15) is 9.61 Å². The van der Waals surface area contributed by atoms with Crippen LogP contribution in [0.25, 0.3) is 28.1 Å². The summed E-state index contributed by atoms with van der Waals surface area (Å²) in [4.78, 5) is 23.4. The van der Waals surface area contributed by atoms with E-state index in [4.69, 9.17) is 0 Å². The van der Waals surface area contributed by atoms with Crippen LogP contribution in [-0.4, -0.2) is 34.3 Å². The van der Waals surface area contributed by atoms with Gasteiger partial charge in [0, 0.05) is 19.4 Å². The Kier molecular flexibility index (Phi) is 2.23. The molecular formula is C13H11N7O. The van der Waals surface area contributed by atoms with E-state index in [-0.39, 0.29) is 5.69 Å². The molecule has 0 atom stereocenters. The van der Waals surface area contributed by atoms with Crippen LogP contribution in [0.5, 0.6) is 0 Å². The molecule has 0 aromatic carbocycles. The van der Waals surface area contributed by atoms with Crippen molar-refractivity contribution >= 4 is 16.7 Å². The van der Waals surface area contributed by atoms with Gasteiger partial charge < -0.3 is 0 Å². The molecule has 0 saturated heterocycles. The van der Waals surface area contributed by atoms with Gasteiger partial charge in [0.2, 0.25) is 0 Å². The van der Waals surface area contributed by atoms with Crippen molar-refractivity contribution in [2.24, 2.45) is 7.05 Å². The minimum Gasteiger partial charge on any atom is -0.290 e. The zero-order valence-corrected chi connectivity index (χ0v) is 11.4. The molecule has 0 amide bonds. The first-order chi connectivity index (χ1) is 10.1. The van der Waals surface area contributed by atoms with Crippen molar-refractivity contribution in [1.82, 2.24) is 34.3 Å². The van der Waals surface area contributed by atoms with Gasteiger partial charge in [-0.1, -0.05) is 0 Å². The fourth-order valence-electron chi connectivity index (χ4n) is 2.40. The average molecular weight is 281 g/mol. The lowest BCUT2D eigenvalue weighted by Crippen LogP contribution is -2.17. The molecule has 0 unspecified atom stereocenters. The van der Waals surface area contributed by atoms with E-state index in [0.29, 0.717) is 17.1 Å². The summed E-state index contributed by atoms with van der Waals surface area (Å²) in [5.74, 6) is 0.474. The van der Waals surface area contributed by atoms with Crippen LogP contribution in [0.15, 0.2) is 29.3 Å². The minimum atomic E-state index is -0.364. The third-order valence-electron chi connectivity index (χ3n) is 3.33. The first kappa shape index (κ1) is 11.8. The third-order valence-corrected chi connectivity index (χ3v) is 3.33. The van der Waals surface area contributed by atoms with E-state index in [2.05, 4.69) is 25.1 Å². The van der Waals surface area contributed by atoms with Crippen molar-refractivity contribution in [1.29, 1.82) is 0 Å². The molecule has 0 aliphatic carbocycles. The summed E-state index contributed by atoms with van der Waals surface area (Å²) in [6.07, 6.45) is 3.45. The number of aromatic amines is 1. The highest BCUT2D eigenvalue weighted by Crippen LogP contribution is 2.20. The fourth-order valence-corrected chi connectivity index (χ4v) is 2.40. The molecule has 0 aliphatic heterocycles. The largest absolute Gasteiger partial charge is 0.349 e. The molecule has 0 spiro atoms. The summed E-state index contributed by atoms with van der Waals surface area (Å²) in [6, 6.07) is 3.65. The number of pyridine rings is 1. The number of nitrogens with zero attached hydrogens (tertiary/aromatic N) is 6. The summed E-state index contributed by atoms with van der Waals surface area (Å²) in [5, 5.41) is 9.31. The normalized spacial score (nSPS) is 11.5. The Morgan fingerprint density at radius 1 is 1.29 bits per heavy atom. The Bertz CT molecular complexity index is 1040. The number of hydrogen-bond acceptors (Lipinski definition) is 5. The van der Waals surface area contributed by atoms with Gasteiger partial charge in [0.05, 0.1) is 16.6 Å². The highest BCUT2D eigenvalue weighted by Gasteiger charge is 2.15. The van der Waals surface area contributed by atoms with Crippen LogP contribution in [-0.2, 0) is 7.05 Å². The van der Waals surface area contributed by atoms with Gasteiger partial charge in [-0.05, 0) is 19.1 Å². The Labute approximate surface area is 118 Å². The average Bonchev–Trinajstić information content (AvgIpc) is 3.03. The number of rotatable bonds is 1. The van der Waals surface area contributed by atoms with Crippen molar-refractivity contribution in [2.75, 3.05) is 0 Å². The van der Waals surface area contributed by atoms with E-state index in [0.717, 1.165) is 16.6 Å². The molecule has 0 bridgehead atoms. The second-order valence-corrected chi connectivity index (χ2v) is 4.80. The van der Waals surface area contributed by atoms with Crippen molar-refractivity contribution in [3.05, 3.63) is 40.7 Å². The first-order valence-electron chi connectivity index (χ1n) is 6.38. The van der Waals surface area contributed by atoms with Gasteiger partial charge >= 0.3 is 5.69 Å². The number of H-pyrrole nitrogens is 1. The van der Waals surface area contributed by atoms with Gasteiger partial charge in [0.1, 0.15) is 5.65 Å². The standard InChI is InChI=1S/C13H11N7O/c1-7-9(6-19(2)17-7)11-15-12-8-4-3-5-14-10(8)16-13(21)20(12)18-11/h3-6H,1-2H3,(H,14,16,21). The third kappa shape index (κ3) is 1.65. The van der Waals surface area contributed by atoms with Crippen molar-refractivity contribution in [2.45, 2.75) is 6.92 Å². The summed E-state index contributed by atoms with van der Waals surface area (Å²) in [7, 11) is 1.83. The van der Waals surface area contributed by atoms with Crippen LogP contribution in [0.2, 0.25) is 0 Å². The smallest absolute Gasteiger partial charge is 0.290 e. The Morgan fingerprint density at radius 3 is 2.90 bits per heavy atom. The lowest BCUT2D eigenvalue weighted by atomic mass is 10.2. The molecule has 0 radical (unpaired) electrons. The van der Waals surface area contributed by atoms with E-state index in [1.165, 1.54) is 4.52 Å². The molecule has 4 aromatic heterocycles. The molecule has 4 heterocycles. The molecule has 8 nitrogen and oxygen atoms in total. The zero-order chi connectivity index (χ0) is 14.6. The van der Waals surface area contributed by atoms with Crippen molar-refractivity contribution < 1.29 is 0 Å². The molecular weight excluding hydrogens is 270 g/mol. The minimum absolute atomic E-state index is 0.364. The SMILES string of the molecule is Cc1nn(C)cc1-c1nc2c3cccnc3[nH]c(=O)n2n1. The van der Waals surface area contributed by atoms with Gasteiger partial charge in [-0.25, -0.2) is 14.8 Å². The zero-order valence-electron chi connectivity index (χ0n) is 11.4. The first-order valence-corrected chi connectivity index (χ1v) is 6.38. The topological polar surface area (TPSA) is 93.8 Å². The second kappa shape index (κ2) is 3.98. The highest BCUT2D eigenvalue weighted by atomic mass is 16.1. The van der Waals surface area contributed by atoms with Crippen LogP contribution in [0.1, 0.15) is 5.69 Å². The van der Waals surface area contributed by atoms with Gasteiger partial charge in [0.15, 0.2) is 11.5 Å². The molecule has 21 heavy (non-hydrogen) atoms. The number of nitrogens with one attached hydrogen (secondary N) is 1. The quantitative estimate of drug-likeness (QED) is 0.553. The van der Waals surface area contributed by atoms with Crippen LogP contribution in [0.3, 0.4) is 0 Å². The van der Waals surface area contributed by atoms with E-state index in [1.54, 1.807) is 16.9 Å². The summed E-state index contributed by atoms with van der Waals surface area (Å²) in [6.45, 7) is 1.88. The van der Waals surface area contributed by atoms with Crippen LogP contribution in [0.4, 0.5) is 0 Å². The maximum absolute atomic E-state index is 12.1. The molecule has 4 aromatic rings. The summed E-state index contributed by atoms with van der Waals surface area (Å²) >= 11 is 0. The number of fused-ring (bicyclic) bond motifs is 3. The molecule has 0 aliphatic rings. The monoisotopic (exact) mass is 281 g/mol. The number of aryl methyl sites for hydroxylation is 2. The molecule has 104 valence electrons. The lowest BCUT2D eigenvalue weighted by molar-refractivity contribution is 0.756. The molecule has 4 rings (SSSR count). The highest BCUT2D eigenvalue weighted by molar-refractivity contribution is 5.88. The summed E-state index contributed by atoms with van der Waals surface area (Å²) < 4.78 is 2.95. The second-order valence-electron chi connectivity index (χ2n) is 4.80. The summed E-state index contributed by atoms with van der Waals surface area (Å²) in [5.41, 5.74) is 2.23. The van der Waals surface area contributed by atoms with Gasteiger partial charge in [0.25, 0.3) is 0 Å². The van der Waals surface area contributed by atoms with E-state index in [9.17, 15) is 4.79 Å². The Morgan fingerprint density at radius 2 is 2.14 bits per heavy atom. The Hall–Kier alpha value is -3.03. The molecule has 1 N–H and O–H groups in total. The maximum Gasteiger partial charge on any atom is 0.349 e. The van der Waals surface area contributed by atoms with Crippen molar-refractivity contribution in [3.63, 3.8) is 0 Å². The predicted octanol–water partition coefficient (Wildman–Crippen LogP) is 0.675. The number of hydrogen-bond donors (Lipinski definition) is 1. The fraction of sp³-hybridized carbons (Fsp3) is 0.154. The van der Waals surface area contributed by atoms with Gasteiger partial charge in [-0.3, -0.25) is 9.67 Å². The van der Waals surface area contributed by atoms with Crippen molar-refractivity contribution in [3.8, 4) is 11.4 Å². The van der Waals surface area contributed by atoms with Gasteiger partial charge in [-0.15, -0.1) is 5.10 Å². The maximum atomic E-state index is 12.1. The van der Waals surface area contributed by atoms with E-state index in [1.807, 2.05) is 26.2 Å². The number of aromatic nitrogens is 7. The van der Waals surface area contributed by atoms with Crippen LogP contribution >= 0.6 is 0 Å². The van der Waals surface area contributed by atoms with E-state index < -0.39 is 0 Å². The Balaban J connectivity index is 2.10. The van der Waals surface area contributed by atoms with Crippen LogP contribution in [0, 0.1) is 6.92 Å². The lowest BCUT2D eigenvalue weighted by Gasteiger charge is -1.96. The van der Waals surface area contributed by atoms with E-state index >= 15 is 0 Å². The molecule has 0 fully saturated rings. The van der Waals surface area contributed by atoms with Crippen LogP contribution < -0.4 is 5.69 Å². The molecule has 8 heteroatoms. The molecule has 0 saturated carbocycles.